The van der Waals surface area contributed by atoms with Crippen molar-refractivity contribution in [1.82, 2.24) is 14.5 Å². The van der Waals surface area contributed by atoms with E-state index in [4.69, 9.17) is 4.74 Å². The Morgan fingerprint density at radius 1 is 1.19 bits per heavy atom. The summed E-state index contributed by atoms with van der Waals surface area (Å²) in [5.74, 6) is -0.0185. The topological polar surface area (TPSA) is 62.5 Å². The van der Waals surface area contributed by atoms with E-state index < -0.39 is 17.6 Å². The fraction of sp³-hybridized carbons (Fsp3) is 0.423. The quantitative estimate of drug-likeness (QED) is 0.419. The minimum Gasteiger partial charge on any atom is -0.392 e. The van der Waals surface area contributed by atoms with Crippen molar-refractivity contribution in [1.29, 1.82) is 0 Å². The second kappa shape index (κ2) is 10.6. The molecule has 1 aromatic carbocycles. The number of halogens is 4. The fourth-order valence-electron chi connectivity index (χ4n) is 4.63. The first-order chi connectivity index (χ1) is 17.1. The van der Waals surface area contributed by atoms with E-state index in [-0.39, 0.29) is 24.3 Å². The van der Waals surface area contributed by atoms with Crippen molar-refractivity contribution < 1.29 is 27.4 Å². The number of nitrogens with one attached hydrogen (secondary N) is 1. The molecule has 0 spiro atoms. The largest absolute Gasteiger partial charge is 0.418 e. The van der Waals surface area contributed by atoms with Crippen LogP contribution in [-0.4, -0.2) is 45.4 Å². The van der Waals surface area contributed by atoms with Gasteiger partial charge in [-0.05, 0) is 49.2 Å². The van der Waals surface area contributed by atoms with Crippen molar-refractivity contribution in [3.63, 3.8) is 0 Å². The lowest BCUT2D eigenvalue weighted by Crippen LogP contribution is -2.44. The Labute approximate surface area is 207 Å². The van der Waals surface area contributed by atoms with E-state index in [1.807, 2.05) is 18.4 Å². The normalized spacial score (nSPS) is 16.4. The van der Waals surface area contributed by atoms with Crippen LogP contribution in [-0.2, 0) is 37.2 Å². The summed E-state index contributed by atoms with van der Waals surface area (Å²) >= 11 is 0. The van der Waals surface area contributed by atoms with Gasteiger partial charge in [-0.3, -0.25) is 4.90 Å². The van der Waals surface area contributed by atoms with Gasteiger partial charge in [-0.2, -0.15) is 13.2 Å². The number of anilines is 1. The van der Waals surface area contributed by atoms with Crippen molar-refractivity contribution in [2.24, 2.45) is 0 Å². The third-order valence-electron chi connectivity index (χ3n) is 6.30. The van der Waals surface area contributed by atoms with E-state index in [9.17, 15) is 22.7 Å². The highest BCUT2D eigenvalue weighted by atomic mass is 19.4. The molecule has 1 atom stereocenters. The minimum absolute atomic E-state index is 0.0133. The third-order valence-corrected chi connectivity index (χ3v) is 6.30. The third kappa shape index (κ3) is 5.71. The Morgan fingerprint density at radius 3 is 2.64 bits per heavy atom. The number of aromatic nitrogens is 2. The Morgan fingerprint density at radius 2 is 1.97 bits per heavy atom. The number of fused-ring (bicyclic) bond motifs is 1. The maximum atomic E-state index is 13.9. The highest BCUT2D eigenvalue weighted by Crippen LogP contribution is 2.39. The molecule has 0 amide bonds. The summed E-state index contributed by atoms with van der Waals surface area (Å²) in [4.78, 5) is 6.06. The molecule has 1 aliphatic rings. The maximum Gasteiger partial charge on any atom is 0.418 e. The van der Waals surface area contributed by atoms with E-state index in [2.05, 4.69) is 15.2 Å². The van der Waals surface area contributed by atoms with Crippen LogP contribution in [0.4, 0.5) is 23.4 Å². The number of benzene rings is 1. The predicted octanol–water partition coefficient (Wildman–Crippen LogP) is 5.05. The molecule has 0 fully saturated rings. The Bertz CT molecular complexity index is 1210. The summed E-state index contributed by atoms with van der Waals surface area (Å²) in [6, 6.07) is 7.41. The van der Waals surface area contributed by atoms with Crippen LogP contribution in [0.5, 0.6) is 0 Å². The first-order valence-electron chi connectivity index (χ1n) is 11.7. The highest BCUT2D eigenvalue weighted by molar-refractivity contribution is 5.71. The van der Waals surface area contributed by atoms with Crippen molar-refractivity contribution in [2.75, 3.05) is 19.0 Å². The standard InChI is InChI=1S/C26H30F4N4O2/c1-16(2)32-25-8-23(24(9-31-25)26(28,29)30)19-7-21-12-34(22(15-36-3)13-33(21)11-19)10-18-6-20(27)5-4-17(18)14-35/h4-9,11,16,22,35H,10,12-15H2,1-3H3,(H,31,32)/t22-/m1/s1. The summed E-state index contributed by atoms with van der Waals surface area (Å²) in [6.07, 6.45) is -1.94. The molecular formula is C26H30F4N4O2. The lowest BCUT2D eigenvalue weighted by molar-refractivity contribution is -0.137. The molecular weight excluding hydrogens is 476 g/mol. The van der Waals surface area contributed by atoms with E-state index in [1.165, 1.54) is 18.2 Å². The zero-order chi connectivity index (χ0) is 26.0. The minimum atomic E-state index is -4.55. The number of pyridine rings is 1. The first kappa shape index (κ1) is 26.1. The van der Waals surface area contributed by atoms with Gasteiger partial charge in [-0.1, -0.05) is 6.07 Å². The summed E-state index contributed by atoms with van der Waals surface area (Å²) in [5, 5.41) is 12.8. The number of ether oxygens (including phenoxy) is 1. The van der Waals surface area contributed by atoms with Crippen LogP contribution in [0.3, 0.4) is 0 Å². The molecule has 2 N–H and O–H groups in total. The predicted molar refractivity (Wildman–Crippen MR) is 129 cm³/mol. The number of aliphatic hydroxyl groups excluding tert-OH is 1. The number of rotatable bonds is 8. The summed E-state index contributed by atoms with van der Waals surface area (Å²) in [7, 11) is 1.59. The molecule has 4 rings (SSSR count). The van der Waals surface area contributed by atoms with Gasteiger partial charge in [0.1, 0.15) is 11.6 Å². The molecule has 6 nitrogen and oxygen atoms in total. The summed E-state index contributed by atoms with van der Waals surface area (Å²) < 4.78 is 62.8. The van der Waals surface area contributed by atoms with Crippen LogP contribution in [0.15, 0.2) is 42.7 Å². The molecule has 0 unspecified atom stereocenters. The molecule has 194 valence electrons. The number of aliphatic hydroxyl groups is 1. The number of hydrogen-bond donors (Lipinski definition) is 2. The maximum absolute atomic E-state index is 13.9. The van der Waals surface area contributed by atoms with Gasteiger partial charge in [-0.15, -0.1) is 0 Å². The molecule has 36 heavy (non-hydrogen) atoms. The Hall–Kier alpha value is -2.95. The number of nitrogens with zero attached hydrogens (tertiary/aromatic N) is 3. The second-order valence-corrected chi connectivity index (χ2v) is 9.37. The van der Waals surface area contributed by atoms with E-state index >= 15 is 0 Å². The first-order valence-corrected chi connectivity index (χ1v) is 11.7. The summed E-state index contributed by atoms with van der Waals surface area (Å²) in [5.41, 5.74) is 1.85. The monoisotopic (exact) mass is 506 g/mol. The fourth-order valence-corrected chi connectivity index (χ4v) is 4.63. The number of methoxy groups -OCH3 is 1. The zero-order valence-electron chi connectivity index (χ0n) is 20.4. The average Bonchev–Trinajstić information content (AvgIpc) is 3.21. The van der Waals surface area contributed by atoms with Gasteiger partial charge in [0.2, 0.25) is 0 Å². The highest BCUT2D eigenvalue weighted by Gasteiger charge is 2.35. The second-order valence-electron chi connectivity index (χ2n) is 9.37. The van der Waals surface area contributed by atoms with E-state index in [0.29, 0.717) is 48.7 Å². The van der Waals surface area contributed by atoms with Crippen LogP contribution in [0.2, 0.25) is 0 Å². The molecule has 1 aliphatic heterocycles. The Kier molecular flexibility index (Phi) is 7.67. The van der Waals surface area contributed by atoms with Gasteiger partial charge >= 0.3 is 6.18 Å². The van der Waals surface area contributed by atoms with Crippen LogP contribution in [0, 0.1) is 5.82 Å². The van der Waals surface area contributed by atoms with Gasteiger partial charge < -0.3 is 19.7 Å². The van der Waals surface area contributed by atoms with Gasteiger partial charge in [0.25, 0.3) is 0 Å². The SMILES string of the molecule is COC[C@H]1Cn2cc(-c3cc(NC(C)C)ncc3C(F)(F)F)cc2CN1Cc1cc(F)ccc1CO. The van der Waals surface area contributed by atoms with Crippen molar-refractivity contribution in [3.05, 3.63) is 70.9 Å². The summed E-state index contributed by atoms with van der Waals surface area (Å²) in [6.45, 7) is 5.25. The van der Waals surface area contributed by atoms with Gasteiger partial charge in [0, 0.05) is 62.0 Å². The zero-order valence-corrected chi connectivity index (χ0v) is 20.4. The van der Waals surface area contributed by atoms with E-state index in [0.717, 1.165) is 11.9 Å². The van der Waals surface area contributed by atoms with Gasteiger partial charge in [-0.25, -0.2) is 9.37 Å². The lowest BCUT2D eigenvalue weighted by Gasteiger charge is -2.36. The van der Waals surface area contributed by atoms with Crippen molar-refractivity contribution >= 4 is 5.82 Å². The Balaban J connectivity index is 1.70. The van der Waals surface area contributed by atoms with Crippen LogP contribution in [0.25, 0.3) is 11.1 Å². The molecule has 0 radical (unpaired) electrons. The molecule has 0 aliphatic carbocycles. The van der Waals surface area contributed by atoms with Crippen LogP contribution in [0.1, 0.15) is 36.2 Å². The molecule has 0 bridgehead atoms. The number of hydrogen-bond acceptors (Lipinski definition) is 5. The van der Waals surface area contributed by atoms with Crippen LogP contribution < -0.4 is 5.32 Å². The molecule has 0 saturated carbocycles. The number of alkyl halides is 3. The molecule has 3 aromatic rings. The van der Waals surface area contributed by atoms with Crippen molar-refractivity contribution in [3.8, 4) is 11.1 Å². The average molecular weight is 507 g/mol. The molecule has 0 saturated heterocycles. The molecule has 2 aromatic heterocycles. The lowest BCUT2D eigenvalue weighted by atomic mass is 10.0. The van der Waals surface area contributed by atoms with Crippen LogP contribution >= 0.6 is 0 Å². The smallest absolute Gasteiger partial charge is 0.392 e. The molecule has 10 heteroatoms. The van der Waals surface area contributed by atoms with Crippen molar-refractivity contribution in [2.45, 2.75) is 58.3 Å². The van der Waals surface area contributed by atoms with Gasteiger partial charge in [0.15, 0.2) is 0 Å². The van der Waals surface area contributed by atoms with E-state index in [1.54, 1.807) is 25.4 Å². The molecule has 3 heterocycles. The van der Waals surface area contributed by atoms with Gasteiger partial charge in [0.05, 0.1) is 24.8 Å².